The third-order valence-corrected chi connectivity index (χ3v) is 9.85. The van der Waals surface area contributed by atoms with E-state index < -0.39 is 87.2 Å². The van der Waals surface area contributed by atoms with Crippen molar-refractivity contribution in [2.45, 2.75) is 56.1 Å². The summed E-state index contributed by atoms with van der Waals surface area (Å²) in [5, 5.41) is 0. The lowest BCUT2D eigenvalue weighted by atomic mass is 10.1. The number of H-pyrrole nitrogens is 1. The van der Waals surface area contributed by atoms with Gasteiger partial charge in [-0.15, -0.1) is 0 Å². The lowest BCUT2D eigenvalue weighted by molar-refractivity contribution is -0.217. The predicted octanol–water partition coefficient (Wildman–Crippen LogP) is 0.965. The Morgan fingerprint density at radius 1 is 1.02 bits per heavy atom. The van der Waals surface area contributed by atoms with E-state index in [1.54, 1.807) is 6.92 Å². The second kappa shape index (κ2) is 13.0. The first-order valence-electron chi connectivity index (χ1n) is 12.2. The number of aromatic amines is 1. The van der Waals surface area contributed by atoms with E-state index in [1.807, 2.05) is 4.98 Å². The van der Waals surface area contributed by atoms with Crippen LogP contribution in [0.5, 0.6) is 0 Å². The van der Waals surface area contributed by atoms with Crippen LogP contribution in [0.4, 0.5) is 8.78 Å². The van der Waals surface area contributed by atoms with Gasteiger partial charge in [0.1, 0.15) is 43.0 Å². The molecule has 0 aromatic carbocycles. The summed E-state index contributed by atoms with van der Waals surface area (Å²) in [6.45, 7) is -8.86. The zero-order valence-corrected chi connectivity index (χ0v) is 26.5. The molecule has 44 heavy (non-hydrogen) atoms. The highest BCUT2D eigenvalue weighted by Gasteiger charge is 2.52. The third-order valence-electron chi connectivity index (χ3n) is 6.77. The van der Waals surface area contributed by atoms with Gasteiger partial charge in [-0.05, 0) is 6.92 Å². The number of nitrogens with one attached hydrogen (secondary N) is 1. The minimum absolute atomic E-state index is 0. The Hall–Kier alpha value is -2.04. The maximum atomic E-state index is 15.9. The molecule has 3 aliphatic rings. The van der Waals surface area contributed by atoms with Crippen LogP contribution in [-0.4, -0.2) is 79.0 Å². The van der Waals surface area contributed by atoms with Crippen molar-refractivity contribution < 1.29 is 45.8 Å². The van der Waals surface area contributed by atoms with Gasteiger partial charge in [0.05, 0.1) is 25.2 Å². The van der Waals surface area contributed by atoms with E-state index in [-0.39, 0.29) is 17.9 Å². The molecule has 18 nitrogen and oxygen atoms in total. The fourth-order valence-electron chi connectivity index (χ4n) is 4.83. The van der Waals surface area contributed by atoms with Crippen LogP contribution in [0.15, 0.2) is 34.5 Å². The molecule has 10 atom stereocenters. The lowest BCUT2D eigenvalue weighted by Crippen LogP contribution is -2.39. The molecule has 244 valence electrons. The van der Waals surface area contributed by atoms with Crippen molar-refractivity contribution in [2.75, 3.05) is 13.2 Å². The van der Waals surface area contributed by atoms with Gasteiger partial charge in [0.2, 0.25) is 0 Å². The summed E-state index contributed by atoms with van der Waals surface area (Å²) in [5.41, 5.74) is -0.610. The summed E-state index contributed by atoms with van der Waals surface area (Å²) in [4.78, 5) is 51.1. The van der Waals surface area contributed by atoms with Crippen LogP contribution < -0.4 is 28.4 Å². The molecule has 0 aliphatic carbocycles. The largest absolute Gasteiger partial charge is 0.780 e. The minimum atomic E-state index is -4.54. The summed E-state index contributed by atoms with van der Waals surface area (Å²) < 4.78 is 79.2. The van der Waals surface area contributed by atoms with Crippen LogP contribution in [0.1, 0.15) is 18.1 Å². The normalized spacial score (nSPS) is 37.6. The van der Waals surface area contributed by atoms with Crippen LogP contribution in [-0.2, 0) is 56.2 Å². The molecule has 9 N–H and O–H groups in total. The maximum Gasteiger partial charge on any atom is 0.330 e. The number of rotatable bonds is 2. The highest BCUT2D eigenvalue weighted by molar-refractivity contribution is 8.32. The van der Waals surface area contributed by atoms with E-state index in [4.69, 9.17) is 51.6 Å². The molecule has 3 saturated heterocycles. The second-order valence-electron chi connectivity index (χ2n) is 9.45. The van der Waals surface area contributed by atoms with Crippen LogP contribution in [0.25, 0.3) is 11.2 Å². The average molecular weight is 705 g/mol. The van der Waals surface area contributed by atoms with Gasteiger partial charge >= 0.3 is 5.69 Å². The van der Waals surface area contributed by atoms with E-state index in [0.717, 1.165) is 16.8 Å². The molecule has 3 aromatic heterocycles. The Labute approximate surface area is 256 Å². The van der Waals surface area contributed by atoms with Crippen molar-refractivity contribution in [2.24, 2.45) is 0 Å². The van der Waals surface area contributed by atoms with E-state index >= 15 is 8.78 Å². The molecule has 3 aliphatic heterocycles. The number of quaternary nitrogens is 2. The molecule has 0 bridgehead atoms. The fourth-order valence-corrected chi connectivity index (χ4v) is 7.67. The van der Waals surface area contributed by atoms with E-state index in [2.05, 4.69) is 15.0 Å². The number of nitrogens with zero attached hydrogens (tertiary/aromatic N) is 5. The average Bonchev–Trinajstić information content (AvgIpc) is 3.57. The lowest BCUT2D eigenvalue weighted by Gasteiger charge is -2.36. The number of hydrogen-bond donors (Lipinski definition) is 3. The molecule has 0 amide bonds. The third kappa shape index (κ3) is 6.59. The number of hydrogen-bond acceptors (Lipinski definition) is 15. The van der Waals surface area contributed by atoms with Crippen molar-refractivity contribution in [1.82, 2.24) is 41.4 Å². The van der Waals surface area contributed by atoms with Crippen molar-refractivity contribution in [3.05, 3.63) is 51.4 Å². The fraction of sp³-hybridized carbons (Fsp3) is 0.550. The maximum absolute atomic E-state index is 15.9. The zero-order chi connectivity index (χ0) is 30.0. The van der Waals surface area contributed by atoms with Gasteiger partial charge in [0.25, 0.3) is 5.56 Å². The van der Waals surface area contributed by atoms with Gasteiger partial charge in [0.15, 0.2) is 37.2 Å². The van der Waals surface area contributed by atoms with Gasteiger partial charge in [-0.1, -0.05) is 11.8 Å². The molecule has 0 saturated carbocycles. The summed E-state index contributed by atoms with van der Waals surface area (Å²) in [5.74, 6) is 0. The monoisotopic (exact) mass is 704 g/mol. The van der Waals surface area contributed by atoms with Gasteiger partial charge in [0, 0.05) is 12.3 Å². The molecule has 6 heterocycles. The summed E-state index contributed by atoms with van der Waals surface area (Å²) in [6, 6.07) is 0.951. The summed E-state index contributed by atoms with van der Waals surface area (Å²) >= 11 is 9.93. The SMILES string of the molecule is Cc1ncnc2c1ncn2[C@@H]1O[C@@H]2COP([O-])(=S)O[C@H]3[C@@H](F)[C@H](n4ccc(=O)[nH]c4=O)O[C@@H]3COP(=O)([S-])O[C@H]2[C@H]1F.[NH4+].[NH4+]. The first kappa shape index (κ1) is 34.8. The molecular weight excluding hydrogens is 676 g/mol. The molecule has 3 aromatic rings. The number of halogens is 2. The van der Waals surface area contributed by atoms with E-state index in [1.165, 1.54) is 17.2 Å². The standard InChI is InChI=1S/C20H22F2N6O10P2S2.2H3N/c1-8-14-17(24-6-23-8)28(7-25-14)19-13(22)16-10(36-19)5-34-39(31,41)37-15-9(4-33-40(32,42)38-16)35-18(12(15)21)27-3-2-11(29)26-20(27)30;;/h2-3,6-7,9-10,12-13,15-16,18-19H,4-5H2,1H3,(H,31,41)(H,32,42)(H,26,29,30);2*1H3/t9-,10-,12-,13-,15-,16-,18-,19-,39?,40?;;/m1../s1. The topological polar surface area (TPSA) is 267 Å². The molecule has 6 rings (SSSR count). The van der Waals surface area contributed by atoms with Gasteiger partial charge in [-0.25, -0.2) is 28.5 Å². The van der Waals surface area contributed by atoms with Gasteiger partial charge in [-0.2, -0.15) is 0 Å². The number of imidazole rings is 1. The summed E-state index contributed by atoms with van der Waals surface area (Å²) in [7, 11) is 0. The molecule has 24 heteroatoms. The van der Waals surface area contributed by atoms with Gasteiger partial charge < -0.3 is 57.0 Å². The number of alkyl halides is 2. The van der Waals surface area contributed by atoms with Crippen molar-refractivity contribution in [3.8, 4) is 0 Å². The quantitative estimate of drug-likeness (QED) is 0.248. The number of fused-ring (bicyclic) bond motifs is 3. The highest BCUT2D eigenvalue weighted by Crippen LogP contribution is 2.54. The molecule has 3 fully saturated rings. The zero-order valence-electron chi connectivity index (χ0n) is 23.1. The number of ether oxygens (including phenoxy) is 2. The first-order valence-corrected chi connectivity index (χ1v) is 17.3. The van der Waals surface area contributed by atoms with Crippen molar-refractivity contribution in [1.29, 1.82) is 0 Å². The number of aryl methyl sites for hydroxylation is 1. The van der Waals surface area contributed by atoms with Crippen molar-refractivity contribution in [3.63, 3.8) is 0 Å². The Bertz CT molecular complexity index is 1730. The van der Waals surface area contributed by atoms with E-state index in [0.29, 0.717) is 11.2 Å². The van der Waals surface area contributed by atoms with Gasteiger partial charge in [-0.3, -0.25) is 23.5 Å². The van der Waals surface area contributed by atoms with Crippen LogP contribution >= 0.6 is 13.5 Å². The van der Waals surface area contributed by atoms with Crippen molar-refractivity contribution >= 4 is 48.7 Å². The highest BCUT2D eigenvalue weighted by atomic mass is 32.7. The Balaban J connectivity index is 0.00000221. The molecule has 0 radical (unpaired) electrons. The molecule has 2 unspecified atom stereocenters. The Morgan fingerprint density at radius 2 is 1.64 bits per heavy atom. The Morgan fingerprint density at radius 3 is 2.30 bits per heavy atom. The summed E-state index contributed by atoms with van der Waals surface area (Å²) in [6.07, 6.45) is -10.2. The minimum Gasteiger partial charge on any atom is -0.780 e. The Kier molecular flexibility index (Phi) is 10.3. The van der Waals surface area contributed by atoms with Crippen LogP contribution in [0.2, 0.25) is 0 Å². The second-order valence-corrected chi connectivity index (χ2v) is 14.9. The van der Waals surface area contributed by atoms with Crippen LogP contribution in [0, 0.1) is 6.92 Å². The van der Waals surface area contributed by atoms with Crippen LogP contribution in [0.3, 0.4) is 0 Å². The molecular formula is C20H28F2N8O10P2S2. The predicted molar refractivity (Wildman–Crippen MR) is 152 cm³/mol. The molecule has 0 spiro atoms. The smallest absolute Gasteiger partial charge is 0.330 e. The first-order chi connectivity index (χ1) is 19.8. The number of aromatic nitrogens is 6. The van der Waals surface area contributed by atoms with E-state index in [9.17, 15) is 19.0 Å².